The fraction of sp³-hybridized carbons (Fsp3) is 0.0714. The van der Waals surface area contributed by atoms with Gasteiger partial charge in [-0.3, -0.25) is 0 Å². The van der Waals surface area contributed by atoms with Crippen LogP contribution in [0.5, 0.6) is 0 Å². The fourth-order valence-electron chi connectivity index (χ4n) is 1.74. The quantitative estimate of drug-likeness (QED) is 0.677. The van der Waals surface area contributed by atoms with Gasteiger partial charge in [-0.15, -0.1) is 0 Å². The highest BCUT2D eigenvalue weighted by Gasteiger charge is 2.31. The molecule has 0 atom stereocenters. The summed E-state index contributed by atoms with van der Waals surface area (Å²) in [4.78, 5) is 0. The molecule has 0 saturated heterocycles. The molecular formula is C14H6ClF4N. The van der Waals surface area contributed by atoms with Crippen LogP contribution in [0.15, 0.2) is 36.4 Å². The summed E-state index contributed by atoms with van der Waals surface area (Å²) in [5.74, 6) is -0.745. The van der Waals surface area contributed by atoms with Crippen molar-refractivity contribution in [2.45, 2.75) is 6.18 Å². The van der Waals surface area contributed by atoms with Gasteiger partial charge in [-0.05, 0) is 36.4 Å². The largest absolute Gasteiger partial charge is 0.416 e. The molecule has 0 fully saturated rings. The topological polar surface area (TPSA) is 23.8 Å². The molecule has 2 aromatic carbocycles. The normalized spacial score (nSPS) is 11.2. The Morgan fingerprint density at radius 2 is 1.70 bits per heavy atom. The third kappa shape index (κ3) is 2.75. The zero-order valence-corrected chi connectivity index (χ0v) is 10.6. The summed E-state index contributed by atoms with van der Waals surface area (Å²) in [6.45, 7) is 0. The number of alkyl halides is 3. The van der Waals surface area contributed by atoms with Crippen molar-refractivity contribution in [3.8, 4) is 17.2 Å². The molecule has 0 aliphatic rings. The molecule has 2 rings (SSSR count). The first-order valence-electron chi connectivity index (χ1n) is 5.39. The third-order valence-electron chi connectivity index (χ3n) is 2.69. The van der Waals surface area contributed by atoms with Crippen molar-refractivity contribution in [3.63, 3.8) is 0 Å². The summed E-state index contributed by atoms with van der Waals surface area (Å²) in [5.41, 5.74) is -1.28. The molecule has 2 aromatic rings. The molecule has 0 aliphatic heterocycles. The molecule has 0 aliphatic carbocycles. The number of halogens is 5. The average molecular weight is 300 g/mol. The highest BCUT2D eigenvalue weighted by Crippen LogP contribution is 2.35. The maximum absolute atomic E-state index is 13.8. The second-order valence-corrected chi connectivity index (χ2v) is 4.43. The zero-order chi connectivity index (χ0) is 14.9. The van der Waals surface area contributed by atoms with Crippen LogP contribution < -0.4 is 0 Å². The van der Waals surface area contributed by atoms with E-state index in [1.807, 2.05) is 0 Å². The molecule has 0 spiro atoms. The highest BCUT2D eigenvalue weighted by atomic mass is 35.5. The van der Waals surface area contributed by atoms with E-state index in [2.05, 4.69) is 0 Å². The van der Waals surface area contributed by atoms with Crippen LogP contribution >= 0.6 is 11.6 Å². The van der Waals surface area contributed by atoms with Crippen molar-refractivity contribution < 1.29 is 17.6 Å². The Morgan fingerprint density at radius 3 is 2.30 bits per heavy atom. The lowest BCUT2D eigenvalue weighted by atomic mass is 9.97. The van der Waals surface area contributed by atoms with Crippen LogP contribution in [-0.4, -0.2) is 0 Å². The van der Waals surface area contributed by atoms with Crippen LogP contribution in [0.3, 0.4) is 0 Å². The van der Waals surface area contributed by atoms with E-state index in [9.17, 15) is 17.6 Å². The summed E-state index contributed by atoms with van der Waals surface area (Å²) in [5, 5.41) is 9.12. The molecule has 20 heavy (non-hydrogen) atoms. The lowest BCUT2D eigenvalue weighted by molar-refractivity contribution is -0.137. The van der Waals surface area contributed by atoms with Gasteiger partial charge in [0.05, 0.1) is 17.2 Å². The zero-order valence-electron chi connectivity index (χ0n) is 9.80. The number of rotatable bonds is 1. The Morgan fingerprint density at radius 1 is 1.00 bits per heavy atom. The van der Waals surface area contributed by atoms with E-state index in [0.717, 1.165) is 24.3 Å². The molecule has 0 saturated carbocycles. The van der Waals surface area contributed by atoms with Crippen molar-refractivity contribution >= 4 is 11.6 Å². The number of benzene rings is 2. The minimum atomic E-state index is -4.57. The number of hydrogen-bond acceptors (Lipinski definition) is 1. The van der Waals surface area contributed by atoms with Crippen LogP contribution in [-0.2, 0) is 6.18 Å². The van der Waals surface area contributed by atoms with Gasteiger partial charge in [0.15, 0.2) is 0 Å². The van der Waals surface area contributed by atoms with Gasteiger partial charge in [0.1, 0.15) is 5.82 Å². The van der Waals surface area contributed by atoms with E-state index in [0.29, 0.717) is 0 Å². The molecule has 6 heteroatoms. The molecule has 102 valence electrons. The Kier molecular flexibility index (Phi) is 3.69. The van der Waals surface area contributed by atoms with Gasteiger partial charge in [0, 0.05) is 16.1 Å². The van der Waals surface area contributed by atoms with Gasteiger partial charge in [-0.25, -0.2) is 4.39 Å². The van der Waals surface area contributed by atoms with Crippen molar-refractivity contribution in [3.05, 3.63) is 58.4 Å². The van der Waals surface area contributed by atoms with E-state index < -0.39 is 17.6 Å². The van der Waals surface area contributed by atoms with Crippen LogP contribution in [0.2, 0.25) is 5.02 Å². The van der Waals surface area contributed by atoms with Gasteiger partial charge in [-0.1, -0.05) is 11.6 Å². The van der Waals surface area contributed by atoms with Gasteiger partial charge >= 0.3 is 6.18 Å². The molecular weight excluding hydrogens is 294 g/mol. The van der Waals surface area contributed by atoms with Crippen LogP contribution in [0, 0.1) is 17.1 Å². The minimum absolute atomic E-state index is 0.0563. The third-order valence-corrected chi connectivity index (χ3v) is 2.92. The molecule has 1 nitrogen and oxygen atoms in total. The lowest BCUT2D eigenvalue weighted by Gasteiger charge is -2.11. The van der Waals surface area contributed by atoms with Gasteiger partial charge in [0.25, 0.3) is 0 Å². The first-order chi connectivity index (χ1) is 9.32. The predicted octanol–water partition coefficient (Wildman–Crippen LogP) is 5.04. The maximum atomic E-state index is 13.8. The van der Waals surface area contributed by atoms with Gasteiger partial charge < -0.3 is 0 Å². The Balaban J connectivity index is 2.72. The summed E-state index contributed by atoms with van der Waals surface area (Å²) < 4.78 is 51.8. The summed E-state index contributed by atoms with van der Waals surface area (Å²) >= 11 is 5.72. The monoisotopic (exact) mass is 299 g/mol. The van der Waals surface area contributed by atoms with Crippen molar-refractivity contribution in [2.75, 3.05) is 0 Å². The summed E-state index contributed by atoms with van der Waals surface area (Å²) in [6.07, 6.45) is -4.57. The second kappa shape index (κ2) is 5.14. The molecule has 0 bridgehead atoms. The van der Waals surface area contributed by atoms with E-state index >= 15 is 0 Å². The SMILES string of the molecule is N#Cc1ccc(C(F)(F)F)cc1-c1cc(Cl)ccc1F. The first-order valence-corrected chi connectivity index (χ1v) is 5.77. The van der Waals surface area contributed by atoms with Gasteiger partial charge in [-0.2, -0.15) is 18.4 Å². The number of hydrogen-bond donors (Lipinski definition) is 0. The average Bonchev–Trinajstić information content (AvgIpc) is 2.40. The van der Waals surface area contributed by atoms with E-state index in [-0.39, 0.29) is 21.7 Å². The van der Waals surface area contributed by atoms with Gasteiger partial charge in [0.2, 0.25) is 0 Å². The van der Waals surface area contributed by atoms with Crippen molar-refractivity contribution in [2.24, 2.45) is 0 Å². The van der Waals surface area contributed by atoms with Crippen LogP contribution in [0.1, 0.15) is 11.1 Å². The van der Waals surface area contributed by atoms with E-state index in [1.54, 1.807) is 6.07 Å². The fourth-order valence-corrected chi connectivity index (χ4v) is 1.92. The van der Waals surface area contributed by atoms with Crippen LogP contribution in [0.25, 0.3) is 11.1 Å². The number of nitriles is 1. The second-order valence-electron chi connectivity index (χ2n) is 3.99. The molecule has 0 heterocycles. The minimum Gasteiger partial charge on any atom is -0.206 e. The Bertz CT molecular complexity index is 701. The maximum Gasteiger partial charge on any atom is 0.416 e. The Hall–Kier alpha value is -2.06. The highest BCUT2D eigenvalue weighted by molar-refractivity contribution is 6.30. The van der Waals surface area contributed by atoms with Crippen LogP contribution in [0.4, 0.5) is 17.6 Å². The lowest BCUT2D eigenvalue weighted by Crippen LogP contribution is -2.05. The molecule has 0 aromatic heterocycles. The van der Waals surface area contributed by atoms with E-state index in [4.69, 9.17) is 16.9 Å². The van der Waals surface area contributed by atoms with Crippen molar-refractivity contribution in [1.29, 1.82) is 5.26 Å². The molecule has 0 amide bonds. The van der Waals surface area contributed by atoms with Crippen molar-refractivity contribution in [1.82, 2.24) is 0 Å². The standard InChI is InChI=1S/C14H6ClF4N/c15-10-3-4-13(16)12(6-10)11-5-9(14(17,18)19)2-1-8(11)7-20/h1-6H. The molecule has 0 radical (unpaired) electrons. The number of nitrogens with zero attached hydrogens (tertiary/aromatic N) is 1. The smallest absolute Gasteiger partial charge is 0.206 e. The molecule has 0 N–H and O–H groups in total. The summed E-state index contributed by atoms with van der Waals surface area (Å²) in [6, 6.07) is 7.79. The molecule has 0 unspecified atom stereocenters. The summed E-state index contributed by atoms with van der Waals surface area (Å²) in [7, 11) is 0. The Labute approximate surface area is 117 Å². The first kappa shape index (κ1) is 14.4. The van der Waals surface area contributed by atoms with E-state index in [1.165, 1.54) is 12.1 Å². The predicted molar refractivity (Wildman–Crippen MR) is 66.6 cm³/mol.